The number of hydrogen-bond acceptors (Lipinski definition) is 2. The standard InChI is InChI=1S/C16H18ClNS/c17-14-6-4-13(5-7-14)16-10-12(11-19-16)9-15-3-1-2-8-18-15/h4-7,10-11,15,18H,1-3,8-9H2. The third-order valence-electron chi connectivity index (χ3n) is 3.68. The third-order valence-corrected chi connectivity index (χ3v) is 4.96. The summed E-state index contributed by atoms with van der Waals surface area (Å²) in [7, 11) is 0. The Labute approximate surface area is 123 Å². The smallest absolute Gasteiger partial charge is 0.0406 e. The topological polar surface area (TPSA) is 12.0 Å². The number of rotatable bonds is 3. The van der Waals surface area contributed by atoms with E-state index in [2.05, 4.69) is 28.9 Å². The Bertz CT molecular complexity index is 526. The molecule has 1 atom stereocenters. The van der Waals surface area contributed by atoms with Crippen molar-refractivity contribution in [2.24, 2.45) is 0 Å². The summed E-state index contributed by atoms with van der Waals surface area (Å²) in [5, 5.41) is 6.70. The van der Waals surface area contributed by atoms with Crippen molar-refractivity contribution in [3.63, 3.8) is 0 Å². The molecule has 3 heteroatoms. The Hall–Kier alpha value is -0.830. The highest BCUT2D eigenvalue weighted by atomic mass is 35.5. The minimum atomic E-state index is 0.668. The normalized spacial score (nSPS) is 19.5. The van der Waals surface area contributed by atoms with Gasteiger partial charge in [-0.1, -0.05) is 30.2 Å². The first-order valence-corrected chi connectivity index (χ1v) is 8.14. The van der Waals surface area contributed by atoms with E-state index in [1.807, 2.05) is 23.5 Å². The van der Waals surface area contributed by atoms with E-state index < -0.39 is 0 Å². The zero-order chi connectivity index (χ0) is 13.1. The Kier molecular flexibility index (Phi) is 4.21. The first-order chi connectivity index (χ1) is 9.31. The number of hydrogen-bond donors (Lipinski definition) is 1. The molecule has 1 aliphatic rings. The van der Waals surface area contributed by atoms with E-state index in [1.165, 1.54) is 41.8 Å². The van der Waals surface area contributed by atoms with Gasteiger partial charge in [0.2, 0.25) is 0 Å². The molecule has 0 saturated carbocycles. The minimum Gasteiger partial charge on any atom is -0.314 e. The van der Waals surface area contributed by atoms with Crippen molar-refractivity contribution in [2.75, 3.05) is 6.54 Å². The molecular weight excluding hydrogens is 274 g/mol. The maximum absolute atomic E-state index is 5.93. The molecule has 0 amide bonds. The van der Waals surface area contributed by atoms with E-state index in [4.69, 9.17) is 11.6 Å². The van der Waals surface area contributed by atoms with Crippen LogP contribution in [0.1, 0.15) is 24.8 Å². The van der Waals surface area contributed by atoms with Gasteiger partial charge in [0.25, 0.3) is 0 Å². The summed E-state index contributed by atoms with van der Waals surface area (Å²) in [4.78, 5) is 1.34. The van der Waals surface area contributed by atoms with Crippen LogP contribution in [0, 0.1) is 0 Å². The van der Waals surface area contributed by atoms with Crippen molar-refractivity contribution in [2.45, 2.75) is 31.7 Å². The fourth-order valence-corrected chi connectivity index (χ4v) is 3.69. The first-order valence-electron chi connectivity index (χ1n) is 6.88. The molecule has 100 valence electrons. The number of piperidine rings is 1. The highest BCUT2D eigenvalue weighted by molar-refractivity contribution is 7.13. The SMILES string of the molecule is Clc1ccc(-c2cc(CC3CCCCN3)cs2)cc1. The highest BCUT2D eigenvalue weighted by Gasteiger charge is 2.14. The summed E-state index contributed by atoms with van der Waals surface area (Å²) in [6, 6.07) is 11.1. The van der Waals surface area contributed by atoms with Gasteiger partial charge in [0.05, 0.1) is 0 Å². The van der Waals surface area contributed by atoms with E-state index in [0.29, 0.717) is 6.04 Å². The van der Waals surface area contributed by atoms with Crippen molar-refractivity contribution in [3.05, 3.63) is 46.3 Å². The van der Waals surface area contributed by atoms with E-state index in [1.54, 1.807) is 0 Å². The van der Waals surface area contributed by atoms with Gasteiger partial charge in [-0.3, -0.25) is 0 Å². The first kappa shape index (κ1) is 13.2. The van der Waals surface area contributed by atoms with Gasteiger partial charge in [-0.15, -0.1) is 11.3 Å². The highest BCUT2D eigenvalue weighted by Crippen LogP contribution is 2.29. The fraction of sp³-hybridized carbons (Fsp3) is 0.375. The predicted molar refractivity (Wildman–Crippen MR) is 84.1 cm³/mol. The summed E-state index contributed by atoms with van der Waals surface area (Å²) in [6.07, 6.45) is 5.16. The van der Waals surface area contributed by atoms with Crippen molar-refractivity contribution in [1.29, 1.82) is 0 Å². The average molecular weight is 292 g/mol. The van der Waals surface area contributed by atoms with Crippen LogP contribution >= 0.6 is 22.9 Å². The summed E-state index contributed by atoms with van der Waals surface area (Å²) in [5.74, 6) is 0. The second-order valence-electron chi connectivity index (χ2n) is 5.18. The largest absolute Gasteiger partial charge is 0.314 e. The van der Waals surface area contributed by atoms with Gasteiger partial charge in [-0.25, -0.2) is 0 Å². The van der Waals surface area contributed by atoms with Crippen LogP contribution in [0.2, 0.25) is 5.02 Å². The van der Waals surface area contributed by atoms with Crippen LogP contribution in [0.25, 0.3) is 10.4 Å². The molecule has 19 heavy (non-hydrogen) atoms. The van der Waals surface area contributed by atoms with Crippen LogP contribution in [0.15, 0.2) is 35.7 Å². The van der Waals surface area contributed by atoms with Gasteiger partial charge in [0, 0.05) is 15.9 Å². The Balaban J connectivity index is 1.70. The summed E-state index contributed by atoms with van der Waals surface area (Å²) in [6.45, 7) is 1.18. The second-order valence-corrected chi connectivity index (χ2v) is 6.52. The molecule has 1 fully saturated rings. The van der Waals surface area contributed by atoms with Crippen molar-refractivity contribution >= 4 is 22.9 Å². The molecule has 1 unspecified atom stereocenters. The lowest BCUT2D eigenvalue weighted by atomic mass is 9.99. The summed E-state index contributed by atoms with van der Waals surface area (Å²) in [5.41, 5.74) is 2.71. The molecule has 1 N–H and O–H groups in total. The lowest BCUT2D eigenvalue weighted by molar-refractivity contribution is 0.399. The Morgan fingerprint density at radius 2 is 2.05 bits per heavy atom. The Morgan fingerprint density at radius 1 is 1.21 bits per heavy atom. The molecule has 3 rings (SSSR count). The molecule has 1 saturated heterocycles. The van der Waals surface area contributed by atoms with Gasteiger partial charge in [-0.05, 0) is 60.5 Å². The van der Waals surface area contributed by atoms with Crippen molar-refractivity contribution in [3.8, 4) is 10.4 Å². The van der Waals surface area contributed by atoms with Gasteiger partial charge >= 0.3 is 0 Å². The molecule has 0 spiro atoms. The lowest BCUT2D eigenvalue weighted by Gasteiger charge is -2.22. The van der Waals surface area contributed by atoms with Crippen LogP contribution < -0.4 is 5.32 Å². The molecule has 1 aliphatic heterocycles. The monoisotopic (exact) mass is 291 g/mol. The molecule has 1 aromatic carbocycles. The fourth-order valence-electron chi connectivity index (χ4n) is 2.63. The summed E-state index contributed by atoms with van der Waals surface area (Å²) < 4.78 is 0. The van der Waals surface area contributed by atoms with E-state index in [0.717, 1.165) is 11.4 Å². The molecule has 2 aromatic rings. The quantitative estimate of drug-likeness (QED) is 0.860. The van der Waals surface area contributed by atoms with Gasteiger partial charge in [-0.2, -0.15) is 0 Å². The molecule has 0 aliphatic carbocycles. The molecule has 1 aromatic heterocycles. The minimum absolute atomic E-state index is 0.668. The van der Waals surface area contributed by atoms with Crippen molar-refractivity contribution < 1.29 is 0 Å². The van der Waals surface area contributed by atoms with Crippen LogP contribution in [-0.4, -0.2) is 12.6 Å². The molecule has 0 bridgehead atoms. The van der Waals surface area contributed by atoms with Crippen molar-refractivity contribution in [1.82, 2.24) is 5.32 Å². The van der Waals surface area contributed by atoms with Crippen LogP contribution in [0.4, 0.5) is 0 Å². The number of benzene rings is 1. The van der Waals surface area contributed by atoms with Gasteiger partial charge < -0.3 is 5.32 Å². The Morgan fingerprint density at radius 3 is 2.79 bits per heavy atom. The number of nitrogens with one attached hydrogen (secondary N) is 1. The van der Waals surface area contributed by atoms with Gasteiger partial charge in [0.1, 0.15) is 0 Å². The number of halogens is 1. The second kappa shape index (κ2) is 6.08. The van der Waals surface area contributed by atoms with Crippen LogP contribution in [-0.2, 0) is 6.42 Å². The van der Waals surface area contributed by atoms with Gasteiger partial charge in [0.15, 0.2) is 0 Å². The van der Waals surface area contributed by atoms with Crippen LogP contribution in [0.5, 0.6) is 0 Å². The van der Waals surface area contributed by atoms with E-state index in [9.17, 15) is 0 Å². The number of thiophene rings is 1. The van der Waals surface area contributed by atoms with E-state index >= 15 is 0 Å². The molecular formula is C16H18ClNS. The third kappa shape index (κ3) is 3.38. The van der Waals surface area contributed by atoms with E-state index in [-0.39, 0.29) is 0 Å². The zero-order valence-corrected chi connectivity index (χ0v) is 12.4. The average Bonchev–Trinajstić information content (AvgIpc) is 2.89. The summed E-state index contributed by atoms with van der Waals surface area (Å²) >= 11 is 7.75. The van der Waals surface area contributed by atoms with Crippen LogP contribution in [0.3, 0.4) is 0 Å². The zero-order valence-electron chi connectivity index (χ0n) is 10.9. The lowest BCUT2D eigenvalue weighted by Crippen LogP contribution is -2.35. The predicted octanol–water partition coefficient (Wildman–Crippen LogP) is 4.75. The maximum Gasteiger partial charge on any atom is 0.0406 e. The molecule has 0 radical (unpaired) electrons. The molecule has 2 heterocycles. The maximum atomic E-state index is 5.93. The molecule has 1 nitrogen and oxygen atoms in total.